The number of carbonyl (C=O) groups excluding carboxylic acids is 1. The van der Waals surface area contributed by atoms with Crippen LogP contribution in [0.5, 0.6) is 0 Å². The first kappa shape index (κ1) is 13.4. The number of fused-ring (bicyclic) bond motifs is 1. The molecule has 2 aromatic heterocycles. The van der Waals surface area contributed by atoms with Crippen LogP contribution in [-0.4, -0.2) is 41.3 Å². The van der Waals surface area contributed by atoms with Crippen molar-refractivity contribution in [2.45, 2.75) is 0 Å². The number of benzene rings is 1. The highest BCUT2D eigenvalue weighted by Crippen LogP contribution is 2.25. The molecule has 0 fully saturated rings. The maximum atomic E-state index is 12.2. The molecule has 0 spiro atoms. The molecule has 0 aliphatic heterocycles. The summed E-state index contributed by atoms with van der Waals surface area (Å²) in [6.45, 7) is 0.984. The number of nitrogens with one attached hydrogen (secondary N) is 3. The van der Waals surface area contributed by atoms with Crippen LogP contribution in [0.1, 0.15) is 10.4 Å². The molecule has 0 atom stereocenters. The zero-order valence-electron chi connectivity index (χ0n) is 11.6. The Kier molecular flexibility index (Phi) is 3.70. The van der Waals surface area contributed by atoms with Crippen molar-refractivity contribution in [3.05, 3.63) is 42.1 Å². The van der Waals surface area contributed by atoms with E-state index in [2.05, 4.69) is 20.5 Å². The van der Waals surface area contributed by atoms with Crippen molar-refractivity contribution in [2.75, 3.05) is 20.3 Å². The number of methoxy groups -OCH3 is 1. The Morgan fingerprint density at radius 2 is 2.24 bits per heavy atom. The number of amides is 1. The van der Waals surface area contributed by atoms with Gasteiger partial charge in [0.1, 0.15) is 0 Å². The fourth-order valence-electron chi connectivity index (χ4n) is 2.27. The monoisotopic (exact) mass is 284 g/mol. The molecule has 0 unspecified atom stereocenters. The minimum Gasteiger partial charge on any atom is -0.383 e. The molecule has 6 nitrogen and oxygen atoms in total. The molecule has 0 saturated carbocycles. The van der Waals surface area contributed by atoms with Crippen molar-refractivity contribution in [3.63, 3.8) is 0 Å². The molecule has 0 radical (unpaired) electrons. The van der Waals surface area contributed by atoms with Crippen LogP contribution < -0.4 is 5.32 Å². The number of aromatic amines is 2. The number of hydrogen-bond donors (Lipinski definition) is 3. The van der Waals surface area contributed by atoms with E-state index in [0.717, 1.165) is 22.3 Å². The van der Waals surface area contributed by atoms with Gasteiger partial charge in [0.2, 0.25) is 0 Å². The van der Waals surface area contributed by atoms with E-state index in [-0.39, 0.29) is 5.91 Å². The maximum Gasteiger partial charge on any atom is 0.252 e. The smallest absolute Gasteiger partial charge is 0.252 e. The highest BCUT2D eigenvalue weighted by molar-refractivity contribution is 6.07. The largest absolute Gasteiger partial charge is 0.383 e. The number of H-pyrrole nitrogens is 2. The average molecular weight is 284 g/mol. The summed E-state index contributed by atoms with van der Waals surface area (Å²) in [5, 5.41) is 10.6. The molecule has 1 aromatic carbocycles. The van der Waals surface area contributed by atoms with Gasteiger partial charge in [0, 0.05) is 36.3 Å². The van der Waals surface area contributed by atoms with Gasteiger partial charge in [-0.3, -0.25) is 9.89 Å². The Bertz CT molecular complexity index is 746. The predicted octanol–water partition coefficient (Wildman–Crippen LogP) is 1.93. The Balaban J connectivity index is 1.94. The van der Waals surface area contributed by atoms with Crippen molar-refractivity contribution in [2.24, 2.45) is 0 Å². The van der Waals surface area contributed by atoms with Crippen LogP contribution in [0.25, 0.3) is 22.3 Å². The second-order valence-corrected chi connectivity index (χ2v) is 4.67. The summed E-state index contributed by atoms with van der Waals surface area (Å²) in [5.74, 6) is -0.104. The molecule has 1 amide bonds. The highest BCUT2D eigenvalue weighted by atomic mass is 16.5. The first-order chi connectivity index (χ1) is 10.3. The van der Waals surface area contributed by atoms with Crippen LogP contribution in [0.2, 0.25) is 0 Å². The molecular formula is C15H16N4O2. The van der Waals surface area contributed by atoms with E-state index in [1.807, 2.05) is 30.3 Å². The van der Waals surface area contributed by atoms with Gasteiger partial charge in [0.15, 0.2) is 0 Å². The van der Waals surface area contributed by atoms with E-state index in [1.165, 1.54) is 0 Å². The van der Waals surface area contributed by atoms with Gasteiger partial charge >= 0.3 is 0 Å². The minimum absolute atomic E-state index is 0.104. The molecule has 21 heavy (non-hydrogen) atoms. The lowest BCUT2D eigenvalue weighted by atomic mass is 10.1. The molecule has 0 saturated heterocycles. The molecule has 3 rings (SSSR count). The van der Waals surface area contributed by atoms with E-state index >= 15 is 0 Å². The number of hydrogen-bond acceptors (Lipinski definition) is 3. The van der Waals surface area contributed by atoms with E-state index in [9.17, 15) is 4.79 Å². The van der Waals surface area contributed by atoms with Gasteiger partial charge in [-0.25, -0.2) is 0 Å². The van der Waals surface area contributed by atoms with E-state index in [0.29, 0.717) is 18.7 Å². The van der Waals surface area contributed by atoms with Crippen LogP contribution in [0.3, 0.4) is 0 Å². The Morgan fingerprint density at radius 3 is 3.00 bits per heavy atom. The Hall–Kier alpha value is -2.60. The highest BCUT2D eigenvalue weighted by Gasteiger charge is 2.12. The van der Waals surface area contributed by atoms with Crippen LogP contribution in [0.15, 0.2) is 36.5 Å². The van der Waals surface area contributed by atoms with Crippen LogP contribution >= 0.6 is 0 Å². The van der Waals surface area contributed by atoms with Crippen molar-refractivity contribution in [1.29, 1.82) is 0 Å². The molecule has 3 N–H and O–H groups in total. The van der Waals surface area contributed by atoms with E-state index < -0.39 is 0 Å². The van der Waals surface area contributed by atoms with Gasteiger partial charge in [-0.2, -0.15) is 5.10 Å². The molecular weight excluding hydrogens is 268 g/mol. The van der Waals surface area contributed by atoms with Gasteiger partial charge in [-0.05, 0) is 24.3 Å². The third-order valence-corrected chi connectivity index (χ3v) is 3.29. The molecule has 2 heterocycles. The topological polar surface area (TPSA) is 82.8 Å². The fraction of sp³-hybridized carbons (Fsp3) is 0.200. The van der Waals surface area contributed by atoms with Gasteiger partial charge in [-0.15, -0.1) is 0 Å². The summed E-state index contributed by atoms with van der Waals surface area (Å²) >= 11 is 0. The number of nitrogens with zero attached hydrogens (tertiary/aromatic N) is 1. The molecule has 108 valence electrons. The van der Waals surface area contributed by atoms with Crippen LogP contribution in [-0.2, 0) is 4.74 Å². The zero-order chi connectivity index (χ0) is 14.7. The summed E-state index contributed by atoms with van der Waals surface area (Å²) in [6, 6.07) is 9.45. The third-order valence-electron chi connectivity index (χ3n) is 3.29. The Morgan fingerprint density at radius 1 is 1.33 bits per heavy atom. The lowest BCUT2D eigenvalue weighted by molar-refractivity contribution is 0.0939. The lowest BCUT2D eigenvalue weighted by Gasteiger charge is -2.05. The number of rotatable bonds is 5. The van der Waals surface area contributed by atoms with Crippen molar-refractivity contribution in [3.8, 4) is 11.4 Å². The molecule has 0 bridgehead atoms. The predicted molar refractivity (Wildman–Crippen MR) is 80.1 cm³/mol. The number of aromatic nitrogens is 3. The van der Waals surface area contributed by atoms with Gasteiger partial charge < -0.3 is 15.0 Å². The zero-order valence-corrected chi connectivity index (χ0v) is 11.6. The summed E-state index contributed by atoms with van der Waals surface area (Å²) in [5.41, 5.74) is 3.35. The molecule has 6 heteroatoms. The third kappa shape index (κ3) is 2.66. The summed E-state index contributed by atoms with van der Waals surface area (Å²) < 4.78 is 4.94. The lowest BCUT2D eigenvalue weighted by Crippen LogP contribution is -2.26. The maximum absolute atomic E-state index is 12.2. The average Bonchev–Trinajstić information content (AvgIpc) is 3.15. The molecule has 3 aromatic rings. The second kappa shape index (κ2) is 5.80. The number of carbonyl (C=O) groups is 1. The van der Waals surface area contributed by atoms with E-state index in [4.69, 9.17) is 4.74 Å². The molecule has 0 aliphatic carbocycles. The first-order valence-electron chi connectivity index (χ1n) is 6.68. The fourth-order valence-corrected chi connectivity index (χ4v) is 2.27. The van der Waals surface area contributed by atoms with Crippen molar-refractivity contribution >= 4 is 16.8 Å². The van der Waals surface area contributed by atoms with Crippen LogP contribution in [0.4, 0.5) is 0 Å². The van der Waals surface area contributed by atoms with Crippen molar-refractivity contribution in [1.82, 2.24) is 20.5 Å². The number of ether oxygens (including phenoxy) is 1. The van der Waals surface area contributed by atoms with E-state index in [1.54, 1.807) is 13.3 Å². The standard InChI is InChI=1S/C15H16N4O2/c1-21-8-7-16-15(20)10-3-2-4-12-11(10)9-14(18-12)13-5-6-17-19-13/h2-6,9,18H,7-8H2,1H3,(H,16,20)(H,17,19). The summed E-state index contributed by atoms with van der Waals surface area (Å²) in [4.78, 5) is 15.5. The van der Waals surface area contributed by atoms with Crippen LogP contribution in [0, 0.1) is 0 Å². The first-order valence-corrected chi connectivity index (χ1v) is 6.68. The SMILES string of the molecule is COCCNC(=O)c1cccc2[nH]c(-c3ccn[nH]3)cc12. The second-order valence-electron chi connectivity index (χ2n) is 4.67. The Labute approximate surface area is 121 Å². The summed E-state index contributed by atoms with van der Waals surface area (Å²) in [7, 11) is 1.61. The van der Waals surface area contributed by atoms with Gasteiger partial charge in [-0.1, -0.05) is 6.07 Å². The summed E-state index contributed by atoms with van der Waals surface area (Å²) in [6.07, 6.45) is 1.69. The normalized spacial score (nSPS) is 10.9. The van der Waals surface area contributed by atoms with Gasteiger partial charge in [0.05, 0.1) is 18.0 Å². The van der Waals surface area contributed by atoms with Crippen molar-refractivity contribution < 1.29 is 9.53 Å². The quantitative estimate of drug-likeness (QED) is 0.626. The van der Waals surface area contributed by atoms with Gasteiger partial charge in [0.25, 0.3) is 5.91 Å². The molecule has 0 aliphatic rings. The minimum atomic E-state index is -0.104.